The highest BCUT2D eigenvalue weighted by Gasteiger charge is 1.94. The second-order valence-electron chi connectivity index (χ2n) is 2.35. The monoisotopic (exact) mass is 174 g/mol. The molecule has 0 aromatic carbocycles. The van der Waals surface area contributed by atoms with Crippen molar-refractivity contribution in [2.24, 2.45) is 11.5 Å². The number of rotatable bonds is 3. The van der Waals surface area contributed by atoms with E-state index < -0.39 is 11.8 Å². The predicted molar refractivity (Wildman–Crippen MR) is 45.1 cm³/mol. The van der Waals surface area contributed by atoms with Gasteiger partial charge < -0.3 is 11.5 Å². The first-order valence-electron chi connectivity index (χ1n) is 3.41. The highest BCUT2D eigenvalue weighted by molar-refractivity contribution is 5.15. The Labute approximate surface area is 70.2 Å². The van der Waals surface area contributed by atoms with Gasteiger partial charge in [0.05, 0.1) is 0 Å². The third-order valence-corrected chi connectivity index (χ3v) is 1.16. The van der Waals surface area contributed by atoms with Crippen LogP contribution in [0.2, 0.25) is 0 Å². The fourth-order valence-electron chi connectivity index (χ4n) is 0.606. The average molecular weight is 174 g/mol. The van der Waals surface area contributed by atoms with Gasteiger partial charge >= 0.3 is 0 Å². The van der Waals surface area contributed by atoms with Crippen LogP contribution in [-0.4, -0.2) is 0 Å². The molecule has 0 saturated heterocycles. The lowest BCUT2D eigenvalue weighted by Crippen LogP contribution is -1.88. The van der Waals surface area contributed by atoms with Gasteiger partial charge in [-0.3, -0.25) is 0 Å². The van der Waals surface area contributed by atoms with Crippen LogP contribution in [0.5, 0.6) is 0 Å². The van der Waals surface area contributed by atoms with Crippen molar-refractivity contribution in [1.82, 2.24) is 0 Å². The fraction of sp³-hybridized carbons (Fsp3) is 0.250. The van der Waals surface area contributed by atoms with E-state index in [0.717, 1.165) is 12.3 Å². The zero-order valence-corrected chi connectivity index (χ0v) is 6.85. The standard InChI is InChI=1S/C8H12F2N2/c1-6(2-3-8(10)12)4-7(9)5-11/h2-3,5H,4,11-12H2,1H3/b6-2-,7-5+,8-3-. The van der Waals surface area contributed by atoms with Gasteiger partial charge in [0.2, 0.25) is 0 Å². The van der Waals surface area contributed by atoms with Crippen LogP contribution >= 0.6 is 0 Å². The smallest absolute Gasteiger partial charge is 0.184 e. The lowest BCUT2D eigenvalue weighted by atomic mass is 10.2. The van der Waals surface area contributed by atoms with Crippen molar-refractivity contribution in [3.8, 4) is 0 Å². The van der Waals surface area contributed by atoms with Crippen molar-refractivity contribution >= 4 is 0 Å². The Morgan fingerprint density at radius 3 is 2.33 bits per heavy atom. The van der Waals surface area contributed by atoms with Crippen molar-refractivity contribution in [2.45, 2.75) is 13.3 Å². The lowest BCUT2D eigenvalue weighted by Gasteiger charge is -1.95. The summed E-state index contributed by atoms with van der Waals surface area (Å²) in [6.07, 6.45) is 3.43. The lowest BCUT2D eigenvalue weighted by molar-refractivity contribution is 0.606. The van der Waals surface area contributed by atoms with Crippen LogP contribution in [0.3, 0.4) is 0 Å². The third-order valence-electron chi connectivity index (χ3n) is 1.16. The Kier molecular flexibility index (Phi) is 4.76. The van der Waals surface area contributed by atoms with Gasteiger partial charge in [0.25, 0.3) is 0 Å². The summed E-state index contributed by atoms with van der Waals surface area (Å²) >= 11 is 0. The second-order valence-corrected chi connectivity index (χ2v) is 2.35. The topological polar surface area (TPSA) is 52.0 Å². The zero-order valence-electron chi connectivity index (χ0n) is 6.85. The molecule has 0 saturated carbocycles. The number of allylic oxidation sites excluding steroid dienone is 4. The van der Waals surface area contributed by atoms with Gasteiger partial charge in [0, 0.05) is 12.6 Å². The van der Waals surface area contributed by atoms with Crippen molar-refractivity contribution in [2.75, 3.05) is 0 Å². The Morgan fingerprint density at radius 1 is 1.33 bits per heavy atom. The molecule has 0 aliphatic heterocycles. The van der Waals surface area contributed by atoms with Gasteiger partial charge in [-0.2, -0.15) is 4.39 Å². The summed E-state index contributed by atoms with van der Waals surface area (Å²) in [5, 5.41) is 0. The van der Waals surface area contributed by atoms with Crippen LogP contribution in [0, 0.1) is 0 Å². The molecular weight excluding hydrogens is 162 g/mol. The summed E-state index contributed by atoms with van der Waals surface area (Å²) in [6, 6.07) is 0. The second kappa shape index (κ2) is 5.35. The van der Waals surface area contributed by atoms with Gasteiger partial charge in [-0.15, -0.1) is 0 Å². The molecular formula is C8H12F2N2. The van der Waals surface area contributed by atoms with Crippen LogP contribution < -0.4 is 11.5 Å². The maximum atomic E-state index is 12.5. The summed E-state index contributed by atoms with van der Waals surface area (Å²) in [5.74, 6) is -1.25. The molecule has 4 N–H and O–H groups in total. The fourth-order valence-corrected chi connectivity index (χ4v) is 0.606. The molecule has 12 heavy (non-hydrogen) atoms. The van der Waals surface area contributed by atoms with Crippen molar-refractivity contribution < 1.29 is 8.78 Å². The van der Waals surface area contributed by atoms with E-state index >= 15 is 0 Å². The van der Waals surface area contributed by atoms with E-state index in [-0.39, 0.29) is 6.42 Å². The largest absolute Gasteiger partial charge is 0.403 e. The molecule has 0 aliphatic rings. The van der Waals surface area contributed by atoms with Crippen LogP contribution in [0.4, 0.5) is 8.78 Å². The van der Waals surface area contributed by atoms with Gasteiger partial charge in [-0.1, -0.05) is 11.6 Å². The van der Waals surface area contributed by atoms with Crippen LogP contribution in [-0.2, 0) is 0 Å². The third kappa shape index (κ3) is 5.46. The van der Waals surface area contributed by atoms with E-state index in [1.807, 2.05) is 0 Å². The van der Waals surface area contributed by atoms with E-state index in [1.165, 1.54) is 6.08 Å². The minimum Gasteiger partial charge on any atom is -0.403 e. The molecule has 0 amide bonds. The van der Waals surface area contributed by atoms with Crippen molar-refractivity contribution in [1.29, 1.82) is 0 Å². The number of nitrogens with two attached hydrogens (primary N) is 2. The van der Waals surface area contributed by atoms with Crippen LogP contribution in [0.15, 0.2) is 35.7 Å². The maximum Gasteiger partial charge on any atom is 0.184 e. The molecule has 0 aliphatic carbocycles. The summed E-state index contributed by atoms with van der Waals surface area (Å²) < 4.78 is 24.4. The van der Waals surface area contributed by atoms with Crippen molar-refractivity contribution in [3.05, 3.63) is 35.7 Å². The number of hydrogen-bond donors (Lipinski definition) is 2. The van der Waals surface area contributed by atoms with E-state index in [4.69, 9.17) is 11.5 Å². The summed E-state index contributed by atoms with van der Waals surface area (Å²) in [6.45, 7) is 1.66. The number of halogens is 2. The molecule has 0 atom stereocenters. The quantitative estimate of drug-likeness (QED) is 0.507. The highest BCUT2D eigenvalue weighted by Crippen LogP contribution is 2.10. The SMILES string of the molecule is C/C(=C/C=C(\N)F)C/C(F)=C\N. The highest BCUT2D eigenvalue weighted by atomic mass is 19.1. The van der Waals surface area contributed by atoms with E-state index in [2.05, 4.69) is 0 Å². The first-order valence-corrected chi connectivity index (χ1v) is 3.41. The Balaban J connectivity index is 4.12. The van der Waals surface area contributed by atoms with E-state index in [0.29, 0.717) is 5.57 Å². The Hall–Kier alpha value is -1.32. The van der Waals surface area contributed by atoms with Gasteiger partial charge in [-0.25, -0.2) is 4.39 Å². The zero-order chi connectivity index (χ0) is 9.56. The molecule has 0 spiro atoms. The number of hydrogen-bond acceptors (Lipinski definition) is 2. The normalized spacial score (nSPS) is 15.1. The molecule has 0 unspecified atom stereocenters. The molecule has 0 rings (SSSR count). The molecule has 0 heterocycles. The van der Waals surface area contributed by atoms with Gasteiger partial charge in [0.15, 0.2) is 5.95 Å². The molecule has 0 fully saturated rings. The van der Waals surface area contributed by atoms with Gasteiger partial charge in [-0.05, 0) is 13.0 Å². The first-order chi connectivity index (χ1) is 5.56. The Morgan fingerprint density at radius 2 is 1.92 bits per heavy atom. The molecule has 0 aromatic rings. The molecule has 4 heteroatoms. The van der Waals surface area contributed by atoms with E-state index in [9.17, 15) is 8.78 Å². The molecule has 0 radical (unpaired) electrons. The molecule has 2 nitrogen and oxygen atoms in total. The molecule has 0 aromatic heterocycles. The summed E-state index contributed by atoms with van der Waals surface area (Å²) in [5.41, 5.74) is 10.3. The first kappa shape index (κ1) is 10.7. The summed E-state index contributed by atoms with van der Waals surface area (Å²) in [7, 11) is 0. The minimum absolute atomic E-state index is 0.0836. The average Bonchev–Trinajstić information content (AvgIpc) is 2.00. The van der Waals surface area contributed by atoms with Gasteiger partial charge in [0.1, 0.15) is 5.83 Å². The predicted octanol–water partition coefficient (Wildman–Crippen LogP) is 1.86. The van der Waals surface area contributed by atoms with Crippen molar-refractivity contribution in [3.63, 3.8) is 0 Å². The molecule has 68 valence electrons. The van der Waals surface area contributed by atoms with Crippen LogP contribution in [0.1, 0.15) is 13.3 Å². The maximum absolute atomic E-state index is 12.5. The summed E-state index contributed by atoms with van der Waals surface area (Å²) in [4.78, 5) is 0. The minimum atomic E-state index is -0.800. The van der Waals surface area contributed by atoms with Crippen LogP contribution in [0.25, 0.3) is 0 Å². The van der Waals surface area contributed by atoms with E-state index in [1.54, 1.807) is 6.92 Å². The Bertz CT molecular complexity index is 225. The molecule has 0 bridgehead atoms.